The Morgan fingerprint density at radius 3 is 2.62 bits per heavy atom. The molecule has 2 aromatic carbocycles. The first kappa shape index (κ1) is 15.5. The van der Waals surface area contributed by atoms with Crippen LogP contribution in [0.15, 0.2) is 53.8 Å². The van der Waals surface area contributed by atoms with E-state index < -0.39 is 0 Å². The van der Waals surface area contributed by atoms with Crippen LogP contribution >= 0.6 is 11.6 Å². The van der Waals surface area contributed by atoms with Crippen molar-refractivity contribution in [3.63, 3.8) is 0 Å². The second-order valence-electron chi connectivity index (χ2n) is 5.08. The summed E-state index contributed by atoms with van der Waals surface area (Å²) in [5.41, 5.74) is 3.50. The van der Waals surface area contributed by atoms with Crippen molar-refractivity contribution in [3.05, 3.63) is 75.2 Å². The van der Waals surface area contributed by atoms with Crippen molar-refractivity contribution in [2.45, 2.75) is 25.8 Å². The first-order valence-electron chi connectivity index (χ1n) is 7.04. The summed E-state index contributed by atoms with van der Waals surface area (Å²) in [6.07, 6.45) is 1.62. The molecule has 21 heavy (non-hydrogen) atoms. The Labute approximate surface area is 130 Å². The second-order valence-corrected chi connectivity index (χ2v) is 5.52. The Kier molecular flexibility index (Phi) is 5.34. The second kappa shape index (κ2) is 7.23. The molecule has 0 bridgehead atoms. The predicted octanol–water partition coefficient (Wildman–Crippen LogP) is 5.00. The normalized spacial score (nSPS) is 12.0. The van der Waals surface area contributed by atoms with Crippen molar-refractivity contribution >= 4 is 11.6 Å². The van der Waals surface area contributed by atoms with Gasteiger partial charge in [-0.1, -0.05) is 54.9 Å². The molecule has 2 rings (SSSR count). The molecule has 0 spiro atoms. The molecule has 110 valence electrons. The lowest BCUT2D eigenvalue weighted by molar-refractivity contribution is 0.245. The van der Waals surface area contributed by atoms with Gasteiger partial charge in [0.25, 0.3) is 0 Å². The lowest BCUT2D eigenvalue weighted by atomic mass is 9.94. The van der Waals surface area contributed by atoms with Crippen LogP contribution in [0.2, 0.25) is 5.02 Å². The molecule has 0 amide bonds. The van der Waals surface area contributed by atoms with E-state index in [2.05, 4.69) is 30.4 Å². The third kappa shape index (κ3) is 3.82. The summed E-state index contributed by atoms with van der Waals surface area (Å²) in [5, 5.41) is 5.28. The molecule has 0 saturated heterocycles. The van der Waals surface area contributed by atoms with Crippen molar-refractivity contribution in [2.24, 2.45) is 5.29 Å². The maximum absolute atomic E-state index is 10.9. The van der Waals surface area contributed by atoms with Crippen molar-refractivity contribution in [1.82, 2.24) is 5.01 Å². The number of nitrogens with zero attached hydrogens (tertiary/aromatic N) is 2. The summed E-state index contributed by atoms with van der Waals surface area (Å²) in [4.78, 5) is 10.9. The van der Waals surface area contributed by atoms with Gasteiger partial charge in [0, 0.05) is 12.1 Å². The van der Waals surface area contributed by atoms with Gasteiger partial charge in [0.2, 0.25) is 0 Å². The highest BCUT2D eigenvalue weighted by atomic mass is 35.5. The zero-order valence-corrected chi connectivity index (χ0v) is 13.0. The molecular weight excluding hydrogens is 284 g/mol. The van der Waals surface area contributed by atoms with Crippen LogP contribution < -0.4 is 0 Å². The maximum Gasteiger partial charge on any atom is 0.0748 e. The van der Waals surface area contributed by atoms with E-state index >= 15 is 0 Å². The van der Waals surface area contributed by atoms with Crippen LogP contribution in [0.1, 0.15) is 36.1 Å². The smallest absolute Gasteiger partial charge is 0.0748 e. The topological polar surface area (TPSA) is 32.7 Å². The molecule has 0 aliphatic rings. The lowest BCUT2D eigenvalue weighted by Gasteiger charge is -2.24. The van der Waals surface area contributed by atoms with Crippen molar-refractivity contribution in [1.29, 1.82) is 0 Å². The fourth-order valence-corrected chi connectivity index (χ4v) is 2.84. The van der Waals surface area contributed by atoms with Gasteiger partial charge in [-0.15, -0.1) is 4.91 Å². The number of rotatable bonds is 6. The molecular formula is C17H19ClN2O. The molecule has 0 aliphatic carbocycles. The average Bonchev–Trinajstić information content (AvgIpc) is 2.49. The molecule has 0 aromatic heterocycles. The standard InChI is InChI=1S/C17H19ClN2O/c1-3-17(20(2)19-21)16-10-5-4-8-14(16)11-13-7-6-9-15(18)12-13/h4-10,12,17H,3,11H2,1-2H3/t17-/m0/s1. The van der Waals surface area contributed by atoms with E-state index in [-0.39, 0.29) is 6.04 Å². The molecule has 0 radical (unpaired) electrons. The lowest BCUT2D eigenvalue weighted by Crippen LogP contribution is -2.19. The van der Waals surface area contributed by atoms with Crippen LogP contribution in [0.4, 0.5) is 0 Å². The molecule has 0 unspecified atom stereocenters. The van der Waals surface area contributed by atoms with E-state index in [1.807, 2.05) is 30.3 Å². The highest BCUT2D eigenvalue weighted by molar-refractivity contribution is 6.30. The number of benzene rings is 2. The monoisotopic (exact) mass is 302 g/mol. The van der Waals surface area contributed by atoms with Gasteiger partial charge in [-0.2, -0.15) is 0 Å². The van der Waals surface area contributed by atoms with Gasteiger partial charge in [0.1, 0.15) is 0 Å². The molecule has 4 heteroatoms. The van der Waals surface area contributed by atoms with Gasteiger partial charge >= 0.3 is 0 Å². The molecule has 2 aromatic rings. The molecule has 0 fully saturated rings. The maximum atomic E-state index is 10.9. The Bertz CT molecular complexity index is 615. The number of hydrogen-bond acceptors (Lipinski definition) is 2. The first-order valence-corrected chi connectivity index (χ1v) is 7.41. The van der Waals surface area contributed by atoms with Gasteiger partial charge in [-0.05, 0) is 41.7 Å². The quantitative estimate of drug-likeness (QED) is 0.556. The number of halogens is 1. The Morgan fingerprint density at radius 1 is 1.19 bits per heavy atom. The summed E-state index contributed by atoms with van der Waals surface area (Å²) < 4.78 is 0. The Balaban J connectivity index is 2.34. The SMILES string of the molecule is CC[C@@H](c1ccccc1Cc1cccc(Cl)c1)N(C)N=O. The average molecular weight is 303 g/mol. The summed E-state index contributed by atoms with van der Waals surface area (Å²) >= 11 is 6.05. The van der Waals surface area contributed by atoms with Crippen LogP contribution in [-0.4, -0.2) is 12.1 Å². The Hall–Kier alpha value is -1.87. The highest BCUT2D eigenvalue weighted by Crippen LogP contribution is 2.28. The highest BCUT2D eigenvalue weighted by Gasteiger charge is 2.18. The van der Waals surface area contributed by atoms with Crippen LogP contribution in [0.25, 0.3) is 0 Å². The van der Waals surface area contributed by atoms with E-state index in [0.717, 1.165) is 29.0 Å². The summed E-state index contributed by atoms with van der Waals surface area (Å²) in [5.74, 6) is 0. The molecule has 3 nitrogen and oxygen atoms in total. The van der Waals surface area contributed by atoms with Crippen LogP contribution in [0.3, 0.4) is 0 Å². The van der Waals surface area contributed by atoms with Crippen LogP contribution in [0, 0.1) is 4.91 Å². The van der Waals surface area contributed by atoms with E-state index in [1.54, 1.807) is 7.05 Å². The molecule has 0 saturated carbocycles. The zero-order valence-electron chi connectivity index (χ0n) is 12.3. The third-order valence-electron chi connectivity index (χ3n) is 3.66. The minimum Gasteiger partial charge on any atom is -0.256 e. The van der Waals surface area contributed by atoms with E-state index in [9.17, 15) is 4.91 Å². The Morgan fingerprint density at radius 2 is 1.95 bits per heavy atom. The first-order chi connectivity index (χ1) is 10.2. The minimum absolute atomic E-state index is 0.00196. The van der Waals surface area contributed by atoms with Crippen molar-refractivity contribution in [2.75, 3.05) is 7.05 Å². The van der Waals surface area contributed by atoms with Gasteiger partial charge in [-0.3, -0.25) is 5.01 Å². The zero-order chi connectivity index (χ0) is 15.2. The third-order valence-corrected chi connectivity index (χ3v) is 3.90. The minimum atomic E-state index is -0.00196. The van der Waals surface area contributed by atoms with Crippen LogP contribution in [-0.2, 0) is 6.42 Å². The molecule has 0 aliphatic heterocycles. The fourth-order valence-electron chi connectivity index (χ4n) is 2.63. The van der Waals surface area contributed by atoms with E-state index in [1.165, 1.54) is 10.6 Å². The molecule has 0 heterocycles. The summed E-state index contributed by atoms with van der Waals surface area (Å²) in [7, 11) is 1.72. The van der Waals surface area contributed by atoms with Gasteiger partial charge in [-0.25, -0.2) is 0 Å². The molecule has 0 N–H and O–H groups in total. The fraction of sp³-hybridized carbons (Fsp3) is 0.294. The van der Waals surface area contributed by atoms with Crippen LogP contribution in [0.5, 0.6) is 0 Å². The van der Waals surface area contributed by atoms with Gasteiger partial charge in [0.05, 0.1) is 11.3 Å². The van der Waals surface area contributed by atoms with Crippen molar-refractivity contribution < 1.29 is 0 Å². The molecule has 1 atom stereocenters. The summed E-state index contributed by atoms with van der Waals surface area (Å²) in [6, 6.07) is 16.0. The largest absolute Gasteiger partial charge is 0.256 e. The van der Waals surface area contributed by atoms with Gasteiger partial charge in [0.15, 0.2) is 0 Å². The van der Waals surface area contributed by atoms with E-state index in [0.29, 0.717) is 0 Å². The summed E-state index contributed by atoms with van der Waals surface area (Å²) in [6.45, 7) is 2.06. The predicted molar refractivity (Wildman–Crippen MR) is 87.3 cm³/mol. The van der Waals surface area contributed by atoms with Crippen molar-refractivity contribution in [3.8, 4) is 0 Å². The van der Waals surface area contributed by atoms with E-state index in [4.69, 9.17) is 11.6 Å². The number of nitroso groups, excluding NO2 is 1. The number of hydrogen-bond donors (Lipinski definition) is 0. The van der Waals surface area contributed by atoms with Gasteiger partial charge < -0.3 is 0 Å².